The standard InChI is InChI=1S/C22H27FN4O3S/c1-15(20-8-2-16-14-17(23)3-9-21(16)25-20)22(28)27-12-10-26(11-13-27)18-4-6-19(7-5-18)31(24,29)30/h3-7,9,14-15,20,25H,2,8,10-13H2,1H3,(H2,24,29,30)/t15?,20-/m1/s1. The molecule has 2 aliphatic rings. The molecule has 2 aromatic carbocycles. The summed E-state index contributed by atoms with van der Waals surface area (Å²) in [7, 11) is -3.71. The van der Waals surface area contributed by atoms with Gasteiger partial charge in [-0.15, -0.1) is 0 Å². The van der Waals surface area contributed by atoms with Crippen molar-refractivity contribution in [1.29, 1.82) is 0 Å². The van der Waals surface area contributed by atoms with E-state index in [0.29, 0.717) is 26.2 Å². The third kappa shape index (κ3) is 4.67. The predicted octanol–water partition coefficient (Wildman–Crippen LogP) is 2.18. The van der Waals surface area contributed by atoms with Crippen molar-refractivity contribution >= 4 is 27.3 Å². The van der Waals surface area contributed by atoms with E-state index in [1.165, 1.54) is 18.2 Å². The average molecular weight is 447 g/mol. The Morgan fingerprint density at radius 2 is 1.81 bits per heavy atom. The summed E-state index contributed by atoms with van der Waals surface area (Å²) >= 11 is 0. The Kier molecular flexibility index (Phi) is 5.90. The van der Waals surface area contributed by atoms with Gasteiger partial charge in [0.15, 0.2) is 0 Å². The van der Waals surface area contributed by atoms with Crippen LogP contribution in [0.2, 0.25) is 0 Å². The van der Waals surface area contributed by atoms with Crippen molar-refractivity contribution in [2.24, 2.45) is 11.1 Å². The Labute approximate surface area is 182 Å². The van der Waals surface area contributed by atoms with Crippen LogP contribution in [0.4, 0.5) is 15.8 Å². The molecule has 2 aliphatic heterocycles. The largest absolute Gasteiger partial charge is 0.381 e. The van der Waals surface area contributed by atoms with Crippen LogP contribution in [-0.4, -0.2) is 51.4 Å². The van der Waals surface area contributed by atoms with E-state index in [-0.39, 0.29) is 28.6 Å². The monoisotopic (exact) mass is 446 g/mol. The zero-order valence-electron chi connectivity index (χ0n) is 17.4. The topological polar surface area (TPSA) is 95.7 Å². The highest BCUT2D eigenvalue weighted by atomic mass is 32.2. The van der Waals surface area contributed by atoms with Gasteiger partial charge in [-0.2, -0.15) is 0 Å². The van der Waals surface area contributed by atoms with Gasteiger partial charge in [0.25, 0.3) is 0 Å². The number of hydrogen-bond acceptors (Lipinski definition) is 5. The smallest absolute Gasteiger partial charge is 0.238 e. The molecule has 31 heavy (non-hydrogen) atoms. The molecule has 2 heterocycles. The molecule has 0 bridgehead atoms. The fourth-order valence-corrected chi connectivity index (χ4v) is 4.88. The molecular formula is C22H27FN4O3S. The summed E-state index contributed by atoms with van der Waals surface area (Å²) in [5, 5.41) is 8.56. The normalized spacial score (nSPS) is 20.0. The number of nitrogens with two attached hydrogens (primary N) is 1. The van der Waals surface area contributed by atoms with E-state index in [2.05, 4.69) is 10.2 Å². The summed E-state index contributed by atoms with van der Waals surface area (Å²) in [5.41, 5.74) is 2.77. The minimum atomic E-state index is -3.71. The molecule has 0 aromatic heterocycles. The number of aryl methyl sites for hydroxylation is 1. The van der Waals surface area contributed by atoms with Crippen LogP contribution in [0, 0.1) is 11.7 Å². The zero-order valence-corrected chi connectivity index (χ0v) is 18.2. The average Bonchev–Trinajstić information content (AvgIpc) is 2.77. The van der Waals surface area contributed by atoms with Crippen molar-refractivity contribution in [3.63, 3.8) is 0 Å². The molecule has 0 spiro atoms. The molecule has 0 aliphatic carbocycles. The number of carbonyl (C=O) groups is 1. The lowest BCUT2D eigenvalue weighted by atomic mass is 9.89. The third-order valence-electron chi connectivity index (χ3n) is 6.25. The molecule has 9 heteroatoms. The quantitative estimate of drug-likeness (QED) is 0.751. The van der Waals surface area contributed by atoms with Gasteiger partial charge in [0.1, 0.15) is 5.82 Å². The number of amides is 1. The number of rotatable bonds is 4. The highest BCUT2D eigenvalue weighted by molar-refractivity contribution is 7.89. The van der Waals surface area contributed by atoms with Crippen molar-refractivity contribution in [3.05, 3.63) is 53.8 Å². The molecule has 7 nitrogen and oxygen atoms in total. The van der Waals surface area contributed by atoms with Crippen LogP contribution in [0.3, 0.4) is 0 Å². The molecule has 2 aromatic rings. The molecule has 1 amide bonds. The number of hydrogen-bond donors (Lipinski definition) is 2. The number of nitrogens with one attached hydrogen (secondary N) is 1. The maximum absolute atomic E-state index is 13.4. The van der Waals surface area contributed by atoms with Gasteiger partial charge in [0.2, 0.25) is 15.9 Å². The van der Waals surface area contributed by atoms with Gasteiger partial charge in [-0.05, 0) is 60.9 Å². The lowest BCUT2D eigenvalue weighted by Gasteiger charge is -2.39. The molecular weight excluding hydrogens is 419 g/mol. The molecule has 166 valence electrons. The summed E-state index contributed by atoms with van der Waals surface area (Å²) < 4.78 is 36.3. The Balaban J connectivity index is 1.34. The van der Waals surface area contributed by atoms with Gasteiger partial charge >= 0.3 is 0 Å². The van der Waals surface area contributed by atoms with Crippen molar-refractivity contribution in [1.82, 2.24) is 4.90 Å². The lowest BCUT2D eigenvalue weighted by Crippen LogP contribution is -2.52. The lowest BCUT2D eigenvalue weighted by molar-refractivity contribution is -0.135. The number of anilines is 2. The van der Waals surface area contributed by atoms with Crippen molar-refractivity contribution in [3.8, 4) is 0 Å². The highest BCUT2D eigenvalue weighted by Crippen LogP contribution is 2.29. The number of sulfonamides is 1. The number of piperazine rings is 1. The number of fused-ring (bicyclic) bond motifs is 1. The number of carbonyl (C=O) groups excluding carboxylic acids is 1. The van der Waals surface area contributed by atoms with E-state index < -0.39 is 10.0 Å². The second kappa shape index (κ2) is 8.47. The minimum absolute atomic E-state index is 0.0225. The maximum atomic E-state index is 13.4. The number of halogens is 1. The second-order valence-corrected chi connectivity index (χ2v) is 9.79. The van der Waals surface area contributed by atoms with Crippen LogP contribution in [0.15, 0.2) is 47.4 Å². The minimum Gasteiger partial charge on any atom is -0.381 e. The van der Waals surface area contributed by atoms with Gasteiger partial charge in [-0.3, -0.25) is 4.79 Å². The van der Waals surface area contributed by atoms with Crippen molar-refractivity contribution in [2.45, 2.75) is 30.7 Å². The summed E-state index contributed by atoms with van der Waals surface area (Å²) in [4.78, 5) is 17.2. The zero-order chi connectivity index (χ0) is 22.2. The van der Waals surface area contributed by atoms with Crippen molar-refractivity contribution < 1.29 is 17.6 Å². The van der Waals surface area contributed by atoms with Gasteiger partial charge in [0.05, 0.1) is 10.8 Å². The first-order valence-corrected chi connectivity index (χ1v) is 12.0. The molecule has 1 saturated heterocycles. The van der Waals surface area contributed by atoms with E-state index in [1.807, 2.05) is 11.8 Å². The van der Waals surface area contributed by atoms with Crippen LogP contribution in [0.5, 0.6) is 0 Å². The van der Waals surface area contributed by atoms with Crippen LogP contribution in [-0.2, 0) is 21.2 Å². The van der Waals surface area contributed by atoms with Gasteiger partial charge in [-0.1, -0.05) is 6.92 Å². The van der Waals surface area contributed by atoms with Gasteiger partial charge in [0, 0.05) is 43.6 Å². The molecule has 1 unspecified atom stereocenters. The maximum Gasteiger partial charge on any atom is 0.238 e. The Morgan fingerprint density at radius 1 is 1.13 bits per heavy atom. The van der Waals surface area contributed by atoms with Crippen molar-refractivity contribution in [2.75, 3.05) is 36.4 Å². The molecule has 1 fully saturated rings. The summed E-state index contributed by atoms with van der Waals surface area (Å²) in [5.74, 6) is -0.300. The Morgan fingerprint density at radius 3 is 2.45 bits per heavy atom. The van der Waals surface area contributed by atoms with Gasteiger partial charge < -0.3 is 15.1 Å². The molecule has 4 rings (SSSR count). The van der Waals surface area contributed by atoms with E-state index in [4.69, 9.17) is 5.14 Å². The van der Waals surface area contributed by atoms with Crippen LogP contribution in [0.25, 0.3) is 0 Å². The molecule has 3 N–H and O–H groups in total. The van der Waals surface area contributed by atoms with Crippen LogP contribution in [0.1, 0.15) is 18.9 Å². The SMILES string of the molecule is CC(C(=O)N1CCN(c2ccc(S(N)(=O)=O)cc2)CC1)[C@H]1CCc2cc(F)ccc2N1. The second-order valence-electron chi connectivity index (χ2n) is 8.23. The predicted molar refractivity (Wildman–Crippen MR) is 118 cm³/mol. The summed E-state index contributed by atoms with van der Waals surface area (Å²) in [6.07, 6.45) is 1.55. The number of nitrogens with zero attached hydrogens (tertiary/aromatic N) is 2. The van der Waals surface area contributed by atoms with Crippen LogP contribution < -0.4 is 15.4 Å². The first-order chi connectivity index (χ1) is 14.7. The number of primary sulfonamides is 1. The molecule has 2 atom stereocenters. The first-order valence-electron chi connectivity index (χ1n) is 10.4. The first kappa shape index (κ1) is 21.6. The van der Waals surface area contributed by atoms with E-state index >= 15 is 0 Å². The molecule has 0 radical (unpaired) electrons. The fraction of sp³-hybridized carbons (Fsp3) is 0.409. The highest BCUT2D eigenvalue weighted by Gasteiger charge is 2.32. The van der Waals surface area contributed by atoms with Gasteiger partial charge in [-0.25, -0.2) is 17.9 Å². The Bertz CT molecular complexity index is 1070. The van der Waals surface area contributed by atoms with Crippen LogP contribution >= 0.6 is 0 Å². The van der Waals surface area contributed by atoms with E-state index in [9.17, 15) is 17.6 Å². The summed E-state index contributed by atoms with van der Waals surface area (Å²) in [6.45, 7) is 4.51. The molecule has 0 saturated carbocycles. The Hall–Kier alpha value is -2.65. The number of benzene rings is 2. The van der Waals surface area contributed by atoms with E-state index in [0.717, 1.165) is 29.8 Å². The summed E-state index contributed by atoms with van der Waals surface area (Å²) in [6, 6.07) is 11.3. The van der Waals surface area contributed by atoms with E-state index in [1.54, 1.807) is 24.3 Å². The fourth-order valence-electron chi connectivity index (χ4n) is 4.36. The third-order valence-corrected chi connectivity index (χ3v) is 7.18.